The van der Waals surface area contributed by atoms with E-state index in [0.29, 0.717) is 41.1 Å². The molecule has 0 aromatic carbocycles. The number of nitrogens with zero attached hydrogens (tertiary/aromatic N) is 6. The van der Waals surface area contributed by atoms with Gasteiger partial charge >= 0.3 is 0 Å². The summed E-state index contributed by atoms with van der Waals surface area (Å²) in [6.45, 7) is 5.17. The van der Waals surface area contributed by atoms with Gasteiger partial charge in [-0.05, 0) is 57.5 Å². The van der Waals surface area contributed by atoms with Gasteiger partial charge in [0, 0.05) is 29.6 Å². The molecule has 1 atom stereocenters. The van der Waals surface area contributed by atoms with E-state index in [2.05, 4.69) is 42.7 Å². The first-order valence-electron chi connectivity index (χ1n) is 12.1. The van der Waals surface area contributed by atoms with Gasteiger partial charge < -0.3 is 15.4 Å². The monoisotopic (exact) mass is 500 g/mol. The Morgan fingerprint density at radius 3 is 2.84 bits per heavy atom. The fourth-order valence-electron chi connectivity index (χ4n) is 4.51. The van der Waals surface area contributed by atoms with Gasteiger partial charge in [0.2, 0.25) is 11.8 Å². The van der Waals surface area contributed by atoms with Crippen molar-refractivity contribution in [3.63, 3.8) is 0 Å². The third-order valence-electron chi connectivity index (χ3n) is 6.56. The summed E-state index contributed by atoms with van der Waals surface area (Å²) in [6, 6.07) is 9.45. The number of pyridine rings is 3. The number of carbonyl (C=O) groups excluding carboxylic acids is 2. The summed E-state index contributed by atoms with van der Waals surface area (Å²) in [5.41, 5.74) is 3.94. The van der Waals surface area contributed by atoms with Crippen molar-refractivity contribution in [1.29, 1.82) is 0 Å². The molecule has 2 amide bonds. The highest BCUT2D eigenvalue weighted by atomic mass is 16.5. The first-order valence-corrected chi connectivity index (χ1v) is 12.1. The smallest absolute Gasteiger partial charge is 0.278 e. The minimum atomic E-state index is -0.430. The lowest BCUT2D eigenvalue weighted by molar-refractivity contribution is -0.117. The van der Waals surface area contributed by atoms with E-state index in [4.69, 9.17) is 4.74 Å². The largest absolute Gasteiger partial charge is 0.481 e. The summed E-state index contributed by atoms with van der Waals surface area (Å²) in [7, 11) is 1.56. The van der Waals surface area contributed by atoms with Crippen LogP contribution in [-0.2, 0) is 4.79 Å². The minimum absolute atomic E-state index is 0.109. The number of anilines is 2. The lowest BCUT2D eigenvalue weighted by Crippen LogP contribution is -2.35. The Bertz CT molecular complexity index is 1470. The molecule has 11 heteroatoms. The first-order chi connectivity index (χ1) is 17.9. The van der Waals surface area contributed by atoms with Crippen molar-refractivity contribution in [3.8, 4) is 17.0 Å². The van der Waals surface area contributed by atoms with Crippen LogP contribution in [0.5, 0.6) is 5.88 Å². The molecule has 4 aromatic rings. The third-order valence-corrected chi connectivity index (χ3v) is 6.56. The van der Waals surface area contributed by atoms with Gasteiger partial charge in [0.15, 0.2) is 5.69 Å². The predicted molar refractivity (Wildman–Crippen MR) is 139 cm³/mol. The zero-order chi connectivity index (χ0) is 25.9. The Morgan fingerprint density at radius 1 is 1.19 bits per heavy atom. The summed E-state index contributed by atoms with van der Waals surface area (Å²) >= 11 is 0. The molecule has 0 aliphatic carbocycles. The van der Waals surface area contributed by atoms with E-state index >= 15 is 0 Å². The number of aromatic nitrogens is 5. The van der Waals surface area contributed by atoms with Crippen LogP contribution in [-0.4, -0.2) is 67.8 Å². The minimum Gasteiger partial charge on any atom is -0.481 e. The van der Waals surface area contributed by atoms with Gasteiger partial charge in [-0.1, -0.05) is 11.3 Å². The SMILES string of the molecule is COc1ncccc1-c1ccc2c(C(=O)Nc3cc(NC(=O)CN4CCC[C@@H]4C)cnc3C)nnn2c1. The molecular weight excluding hydrogens is 472 g/mol. The Hall–Kier alpha value is -4.38. The Balaban J connectivity index is 1.32. The second-order valence-corrected chi connectivity index (χ2v) is 9.07. The van der Waals surface area contributed by atoms with Crippen LogP contribution in [0.2, 0.25) is 0 Å². The average Bonchev–Trinajstić information content (AvgIpc) is 3.51. The van der Waals surface area contributed by atoms with Crippen molar-refractivity contribution in [2.45, 2.75) is 32.7 Å². The van der Waals surface area contributed by atoms with Crippen molar-refractivity contribution in [3.05, 3.63) is 60.3 Å². The van der Waals surface area contributed by atoms with Crippen LogP contribution in [0.4, 0.5) is 11.4 Å². The molecule has 11 nitrogen and oxygen atoms in total. The lowest BCUT2D eigenvalue weighted by atomic mass is 10.1. The molecule has 5 heterocycles. The van der Waals surface area contributed by atoms with Crippen LogP contribution in [0.25, 0.3) is 16.6 Å². The van der Waals surface area contributed by atoms with Gasteiger partial charge in [0.25, 0.3) is 5.91 Å². The molecular formula is C26H28N8O3. The molecule has 2 N–H and O–H groups in total. The molecule has 0 saturated carbocycles. The van der Waals surface area contributed by atoms with E-state index < -0.39 is 5.91 Å². The molecule has 0 spiro atoms. The standard InChI is InChI=1S/C26H28N8O3/c1-16-6-5-11-33(16)15-23(35)29-19-12-21(17(2)28-13-19)30-25(36)24-22-9-8-18(14-34(22)32-31-24)20-7-4-10-27-26(20)37-3/h4,7-10,12-14,16H,5-6,11,15H2,1-3H3,(H,29,35)(H,30,36)/t16-/m0/s1. The van der Waals surface area contributed by atoms with E-state index in [1.165, 1.54) is 4.52 Å². The zero-order valence-electron chi connectivity index (χ0n) is 20.9. The Morgan fingerprint density at radius 2 is 2.05 bits per heavy atom. The van der Waals surface area contributed by atoms with Gasteiger partial charge in [0.05, 0.1) is 42.4 Å². The van der Waals surface area contributed by atoms with Crippen LogP contribution < -0.4 is 15.4 Å². The summed E-state index contributed by atoms with van der Waals surface area (Å²) in [6.07, 6.45) is 7.21. The molecule has 0 bridgehead atoms. The number of amides is 2. The summed E-state index contributed by atoms with van der Waals surface area (Å²) in [4.78, 5) is 36.4. The number of fused-ring (bicyclic) bond motifs is 1. The molecule has 37 heavy (non-hydrogen) atoms. The summed E-state index contributed by atoms with van der Waals surface area (Å²) in [5, 5.41) is 14.0. The van der Waals surface area contributed by atoms with Crippen molar-refractivity contribution in [2.24, 2.45) is 0 Å². The fourth-order valence-corrected chi connectivity index (χ4v) is 4.51. The number of hydrogen-bond acceptors (Lipinski definition) is 8. The molecule has 0 radical (unpaired) electrons. The average molecular weight is 501 g/mol. The van der Waals surface area contributed by atoms with E-state index in [9.17, 15) is 9.59 Å². The molecule has 5 rings (SSSR count). The molecule has 1 aliphatic heterocycles. The fraction of sp³-hybridized carbons (Fsp3) is 0.308. The maximum Gasteiger partial charge on any atom is 0.278 e. The quantitative estimate of drug-likeness (QED) is 0.396. The molecule has 1 fully saturated rings. The lowest BCUT2D eigenvalue weighted by Gasteiger charge is -2.20. The molecule has 0 unspecified atom stereocenters. The van der Waals surface area contributed by atoms with Crippen LogP contribution in [0.15, 0.2) is 48.9 Å². The molecule has 4 aromatic heterocycles. The van der Waals surface area contributed by atoms with Crippen molar-refractivity contribution >= 4 is 28.7 Å². The van der Waals surface area contributed by atoms with Crippen molar-refractivity contribution < 1.29 is 14.3 Å². The highest BCUT2D eigenvalue weighted by molar-refractivity contribution is 6.08. The Labute approximate surface area is 213 Å². The number of nitrogens with one attached hydrogen (secondary N) is 2. The number of methoxy groups -OCH3 is 1. The highest BCUT2D eigenvalue weighted by Gasteiger charge is 2.23. The van der Waals surface area contributed by atoms with Crippen LogP contribution >= 0.6 is 0 Å². The second-order valence-electron chi connectivity index (χ2n) is 9.07. The number of rotatable bonds is 7. The van der Waals surface area contributed by atoms with Gasteiger partial charge in [-0.3, -0.25) is 19.5 Å². The number of hydrogen-bond donors (Lipinski definition) is 2. The third kappa shape index (κ3) is 5.12. The summed E-state index contributed by atoms with van der Waals surface area (Å²) < 4.78 is 6.89. The molecule has 1 saturated heterocycles. The number of aryl methyl sites for hydroxylation is 1. The van der Waals surface area contributed by atoms with E-state index in [0.717, 1.165) is 30.5 Å². The maximum atomic E-state index is 13.1. The van der Waals surface area contributed by atoms with Gasteiger partial charge in [0.1, 0.15) is 0 Å². The van der Waals surface area contributed by atoms with Crippen LogP contribution in [0.3, 0.4) is 0 Å². The maximum absolute atomic E-state index is 13.1. The van der Waals surface area contributed by atoms with Gasteiger partial charge in [-0.25, -0.2) is 9.50 Å². The van der Waals surface area contributed by atoms with E-state index in [1.807, 2.05) is 18.2 Å². The van der Waals surface area contributed by atoms with E-state index in [1.54, 1.807) is 44.8 Å². The summed E-state index contributed by atoms with van der Waals surface area (Å²) in [5.74, 6) is -0.0483. The Kier molecular flexibility index (Phi) is 6.78. The zero-order valence-corrected chi connectivity index (χ0v) is 20.9. The molecule has 1 aliphatic rings. The number of ether oxygens (including phenoxy) is 1. The normalized spacial score (nSPS) is 15.6. The van der Waals surface area contributed by atoms with E-state index in [-0.39, 0.29) is 11.6 Å². The van der Waals surface area contributed by atoms with Crippen LogP contribution in [0, 0.1) is 6.92 Å². The topological polar surface area (TPSA) is 127 Å². The van der Waals surface area contributed by atoms with Gasteiger partial charge in [-0.2, -0.15) is 0 Å². The highest BCUT2D eigenvalue weighted by Crippen LogP contribution is 2.28. The number of likely N-dealkylation sites (tertiary alicyclic amines) is 1. The molecule has 190 valence electrons. The van der Waals surface area contributed by atoms with Gasteiger partial charge in [-0.15, -0.1) is 5.10 Å². The van der Waals surface area contributed by atoms with Crippen molar-refractivity contribution in [1.82, 2.24) is 29.7 Å². The second kappa shape index (κ2) is 10.3. The first kappa shape index (κ1) is 24.3. The number of carbonyl (C=O) groups is 2. The predicted octanol–water partition coefficient (Wildman–Crippen LogP) is 3.18. The van der Waals surface area contributed by atoms with Crippen LogP contribution in [0.1, 0.15) is 35.9 Å². The van der Waals surface area contributed by atoms with Crippen molar-refractivity contribution in [2.75, 3.05) is 30.8 Å².